The highest BCUT2D eigenvalue weighted by molar-refractivity contribution is 5.59. The molecule has 3 heteroatoms. The van der Waals surface area contributed by atoms with Crippen LogP contribution in [0.4, 0.5) is 11.5 Å². The molecule has 1 unspecified atom stereocenters. The molecule has 0 radical (unpaired) electrons. The lowest BCUT2D eigenvalue weighted by molar-refractivity contribution is 0.814. The lowest BCUT2D eigenvalue weighted by Crippen LogP contribution is -2.12. The number of para-hydroxylation sites is 1. The number of aromatic nitrogens is 1. The van der Waals surface area contributed by atoms with Crippen LogP contribution in [-0.2, 0) is 0 Å². The number of pyridine rings is 1. The molecule has 0 bridgehead atoms. The zero-order chi connectivity index (χ0) is 12.3. The third kappa shape index (κ3) is 2.63. The van der Waals surface area contributed by atoms with E-state index in [1.165, 1.54) is 0 Å². The maximum atomic E-state index is 5.88. The molecule has 2 aromatic rings. The molecule has 0 spiro atoms. The Bertz CT molecular complexity index is 480. The summed E-state index contributed by atoms with van der Waals surface area (Å²) < 4.78 is 0. The first-order chi connectivity index (χ1) is 8.18. The molecule has 0 saturated heterocycles. The van der Waals surface area contributed by atoms with Crippen LogP contribution in [0.1, 0.15) is 18.5 Å². The molecule has 1 heterocycles. The topological polar surface area (TPSA) is 42.1 Å². The van der Waals surface area contributed by atoms with E-state index < -0.39 is 0 Å². The molecule has 0 saturated carbocycles. The van der Waals surface area contributed by atoms with Crippen LogP contribution in [0.2, 0.25) is 0 Å². The van der Waals surface area contributed by atoms with Gasteiger partial charge in [-0.15, -0.1) is 0 Å². The van der Waals surface area contributed by atoms with Gasteiger partial charge in [0.15, 0.2) is 0 Å². The minimum Gasteiger partial charge on any atom is -0.329 e. The van der Waals surface area contributed by atoms with Crippen LogP contribution in [0.3, 0.4) is 0 Å². The number of nitrogens with zero attached hydrogens (tertiary/aromatic N) is 2. The lowest BCUT2D eigenvalue weighted by atomic mass is 10.1. The highest BCUT2D eigenvalue weighted by atomic mass is 15.2. The van der Waals surface area contributed by atoms with Crippen LogP contribution in [0, 0.1) is 0 Å². The standard InChI is InChI=1S/C14H17N3/c1-11(15)12-8-9-16-14(10-12)17(2)13-6-4-3-5-7-13/h3-11H,15H2,1-2H3. The van der Waals surface area contributed by atoms with Crippen molar-refractivity contribution in [2.45, 2.75) is 13.0 Å². The van der Waals surface area contributed by atoms with Gasteiger partial charge in [-0.3, -0.25) is 0 Å². The van der Waals surface area contributed by atoms with Crippen molar-refractivity contribution in [2.24, 2.45) is 5.73 Å². The Morgan fingerprint density at radius 2 is 1.88 bits per heavy atom. The second-order valence-electron chi connectivity index (χ2n) is 4.13. The van der Waals surface area contributed by atoms with Crippen molar-refractivity contribution in [1.82, 2.24) is 4.98 Å². The molecule has 0 aliphatic heterocycles. The van der Waals surface area contributed by atoms with E-state index in [0.29, 0.717) is 0 Å². The van der Waals surface area contributed by atoms with Gasteiger partial charge in [0.05, 0.1) is 0 Å². The first-order valence-corrected chi connectivity index (χ1v) is 5.69. The summed E-state index contributed by atoms with van der Waals surface area (Å²) in [5.74, 6) is 0.908. The van der Waals surface area contributed by atoms with Crippen molar-refractivity contribution in [1.29, 1.82) is 0 Å². The summed E-state index contributed by atoms with van der Waals surface area (Å²) in [6.07, 6.45) is 1.80. The van der Waals surface area contributed by atoms with Gasteiger partial charge in [0.1, 0.15) is 5.82 Å². The van der Waals surface area contributed by atoms with Gasteiger partial charge < -0.3 is 10.6 Å². The molecule has 88 valence electrons. The van der Waals surface area contributed by atoms with E-state index in [-0.39, 0.29) is 6.04 Å². The molecule has 0 amide bonds. The normalized spacial score (nSPS) is 12.2. The average molecular weight is 227 g/mol. The number of hydrogen-bond donors (Lipinski definition) is 1. The summed E-state index contributed by atoms with van der Waals surface area (Å²) >= 11 is 0. The highest BCUT2D eigenvalue weighted by Gasteiger charge is 2.07. The van der Waals surface area contributed by atoms with E-state index in [9.17, 15) is 0 Å². The summed E-state index contributed by atoms with van der Waals surface area (Å²) in [4.78, 5) is 6.42. The van der Waals surface area contributed by atoms with E-state index in [0.717, 1.165) is 17.1 Å². The van der Waals surface area contributed by atoms with Crippen LogP contribution in [-0.4, -0.2) is 12.0 Å². The number of hydrogen-bond acceptors (Lipinski definition) is 3. The molecule has 0 aliphatic rings. The first kappa shape index (κ1) is 11.6. The molecule has 2 rings (SSSR count). The Kier molecular flexibility index (Phi) is 3.40. The lowest BCUT2D eigenvalue weighted by Gasteiger charge is -2.19. The van der Waals surface area contributed by atoms with Crippen molar-refractivity contribution in [3.8, 4) is 0 Å². The van der Waals surface area contributed by atoms with E-state index in [4.69, 9.17) is 5.73 Å². The maximum Gasteiger partial charge on any atom is 0.132 e. The second-order valence-corrected chi connectivity index (χ2v) is 4.13. The fourth-order valence-corrected chi connectivity index (χ4v) is 1.68. The van der Waals surface area contributed by atoms with Crippen LogP contribution in [0.25, 0.3) is 0 Å². The van der Waals surface area contributed by atoms with Crippen LogP contribution in [0.5, 0.6) is 0 Å². The van der Waals surface area contributed by atoms with Crippen molar-refractivity contribution in [3.05, 3.63) is 54.2 Å². The van der Waals surface area contributed by atoms with Gasteiger partial charge in [0.2, 0.25) is 0 Å². The molecule has 1 atom stereocenters. The van der Waals surface area contributed by atoms with Crippen molar-refractivity contribution in [2.75, 3.05) is 11.9 Å². The van der Waals surface area contributed by atoms with Gasteiger partial charge in [0.25, 0.3) is 0 Å². The second kappa shape index (κ2) is 4.97. The van der Waals surface area contributed by atoms with E-state index in [1.54, 1.807) is 6.20 Å². The number of rotatable bonds is 3. The first-order valence-electron chi connectivity index (χ1n) is 5.69. The van der Waals surface area contributed by atoms with Gasteiger partial charge in [-0.1, -0.05) is 18.2 Å². The molecule has 2 N–H and O–H groups in total. The summed E-state index contributed by atoms with van der Waals surface area (Å²) in [7, 11) is 2.00. The molecular weight excluding hydrogens is 210 g/mol. The average Bonchev–Trinajstić information content (AvgIpc) is 2.39. The summed E-state index contributed by atoms with van der Waals surface area (Å²) in [5, 5.41) is 0. The SMILES string of the molecule is CC(N)c1ccnc(N(C)c2ccccc2)c1. The Labute approximate surface area is 102 Å². The Morgan fingerprint density at radius 1 is 1.18 bits per heavy atom. The molecule has 1 aromatic carbocycles. The summed E-state index contributed by atoms with van der Waals surface area (Å²) in [6, 6.07) is 14.2. The quantitative estimate of drug-likeness (QED) is 0.876. The third-order valence-electron chi connectivity index (χ3n) is 2.78. The molecule has 0 aliphatic carbocycles. The van der Waals surface area contributed by atoms with Crippen molar-refractivity contribution >= 4 is 11.5 Å². The van der Waals surface area contributed by atoms with Crippen LogP contribution >= 0.6 is 0 Å². The smallest absolute Gasteiger partial charge is 0.132 e. The minimum absolute atomic E-state index is 0.0286. The Balaban J connectivity index is 2.31. The number of nitrogens with two attached hydrogens (primary N) is 1. The molecule has 1 aromatic heterocycles. The van der Waals surface area contributed by atoms with E-state index in [2.05, 4.69) is 17.1 Å². The summed E-state index contributed by atoms with van der Waals surface area (Å²) in [6.45, 7) is 1.97. The summed E-state index contributed by atoms with van der Waals surface area (Å²) in [5.41, 5.74) is 8.08. The van der Waals surface area contributed by atoms with E-state index >= 15 is 0 Å². The third-order valence-corrected chi connectivity index (χ3v) is 2.78. The van der Waals surface area contributed by atoms with Crippen molar-refractivity contribution in [3.63, 3.8) is 0 Å². The number of anilines is 2. The van der Waals surface area contributed by atoms with Gasteiger partial charge in [-0.25, -0.2) is 4.98 Å². The highest BCUT2D eigenvalue weighted by Crippen LogP contribution is 2.22. The fraction of sp³-hybridized carbons (Fsp3) is 0.214. The zero-order valence-corrected chi connectivity index (χ0v) is 10.2. The largest absolute Gasteiger partial charge is 0.329 e. The van der Waals surface area contributed by atoms with Crippen LogP contribution in [0.15, 0.2) is 48.7 Å². The Morgan fingerprint density at radius 3 is 2.53 bits per heavy atom. The molecular formula is C14H17N3. The van der Waals surface area contributed by atoms with Gasteiger partial charge in [0, 0.05) is 25.0 Å². The van der Waals surface area contributed by atoms with Gasteiger partial charge >= 0.3 is 0 Å². The molecule has 17 heavy (non-hydrogen) atoms. The molecule has 3 nitrogen and oxygen atoms in total. The zero-order valence-electron chi connectivity index (χ0n) is 10.2. The monoisotopic (exact) mass is 227 g/mol. The molecule has 0 fully saturated rings. The van der Waals surface area contributed by atoms with Gasteiger partial charge in [-0.05, 0) is 36.8 Å². The van der Waals surface area contributed by atoms with Crippen LogP contribution < -0.4 is 10.6 Å². The van der Waals surface area contributed by atoms with E-state index in [1.807, 2.05) is 49.2 Å². The predicted molar refractivity (Wildman–Crippen MR) is 71.3 cm³/mol. The fourth-order valence-electron chi connectivity index (χ4n) is 1.68. The predicted octanol–water partition coefficient (Wildman–Crippen LogP) is 2.87. The minimum atomic E-state index is 0.0286. The van der Waals surface area contributed by atoms with Gasteiger partial charge in [-0.2, -0.15) is 0 Å². The van der Waals surface area contributed by atoms with Crippen molar-refractivity contribution < 1.29 is 0 Å². The maximum absolute atomic E-state index is 5.88. The Hall–Kier alpha value is -1.87. The number of benzene rings is 1.